The minimum Gasteiger partial charge on any atom is -0.396 e. The molecule has 1 saturated carbocycles. The van der Waals surface area contributed by atoms with Crippen LogP contribution >= 0.6 is 0 Å². The lowest BCUT2D eigenvalue weighted by Crippen LogP contribution is -2.26. The zero-order chi connectivity index (χ0) is 8.32. The largest absolute Gasteiger partial charge is 0.396 e. The Hall–Kier alpha value is -0.610. The van der Waals surface area contributed by atoms with Crippen LogP contribution in [0.4, 0.5) is 0 Å². The van der Waals surface area contributed by atoms with Gasteiger partial charge in [0.25, 0.3) is 0 Å². The molecule has 4 heteroatoms. The molecule has 0 aromatic carbocycles. The lowest BCUT2D eigenvalue weighted by atomic mass is 10.1. The van der Waals surface area contributed by atoms with Gasteiger partial charge >= 0.3 is 0 Å². The normalized spacial score (nSPS) is 19.5. The molecule has 4 nitrogen and oxygen atoms in total. The number of hydrogen-bond donors (Lipinski definition) is 2. The van der Waals surface area contributed by atoms with E-state index in [-0.39, 0.29) is 17.9 Å². The first kappa shape index (κ1) is 8.49. The molecule has 1 aliphatic carbocycles. The maximum Gasteiger partial charge on any atom is 0.240 e. The Morgan fingerprint density at radius 2 is 2.36 bits per heavy atom. The van der Waals surface area contributed by atoms with Crippen LogP contribution in [0, 0.1) is 5.41 Å². The number of hydrogen-bond acceptors (Lipinski definition) is 3. The monoisotopic (exact) mass is 159 g/mol. The predicted molar refractivity (Wildman–Crippen MR) is 38.5 cm³/mol. The van der Waals surface area contributed by atoms with Crippen LogP contribution in [-0.2, 0) is 9.63 Å². The predicted octanol–water partition coefficient (Wildman–Crippen LogP) is -0.173. The molecule has 1 rings (SSSR count). The number of amides is 1. The molecular formula is C7H13NO3. The smallest absolute Gasteiger partial charge is 0.240 e. The summed E-state index contributed by atoms with van der Waals surface area (Å²) in [6.45, 7) is 1.95. The minimum atomic E-state index is -0.210. The third-order valence-electron chi connectivity index (χ3n) is 1.89. The van der Waals surface area contributed by atoms with Gasteiger partial charge in [-0.3, -0.25) is 9.63 Å². The Morgan fingerprint density at radius 1 is 1.73 bits per heavy atom. The minimum absolute atomic E-state index is 0.0531. The Labute approximate surface area is 65.5 Å². The summed E-state index contributed by atoms with van der Waals surface area (Å²) < 4.78 is 0. The van der Waals surface area contributed by atoms with Crippen molar-refractivity contribution in [1.29, 1.82) is 0 Å². The van der Waals surface area contributed by atoms with Crippen molar-refractivity contribution in [3.8, 4) is 0 Å². The van der Waals surface area contributed by atoms with Gasteiger partial charge in [0.15, 0.2) is 0 Å². The van der Waals surface area contributed by atoms with E-state index in [4.69, 9.17) is 9.94 Å². The van der Waals surface area contributed by atoms with Gasteiger partial charge in [-0.05, 0) is 12.8 Å². The first-order valence-electron chi connectivity index (χ1n) is 3.68. The lowest BCUT2D eigenvalue weighted by Gasteiger charge is -2.10. The summed E-state index contributed by atoms with van der Waals surface area (Å²) in [5, 5.41) is 8.83. The Kier molecular flexibility index (Phi) is 2.46. The molecule has 0 unspecified atom stereocenters. The van der Waals surface area contributed by atoms with Gasteiger partial charge in [-0.15, -0.1) is 0 Å². The summed E-state index contributed by atoms with van der Waals surface area (Å²) in [5.41, 5.74) is 2.17. The third-order valence-corrected chi connectivity index (χ3v) is 1.89. The number of carbonyl (C=O) groups is 1. The van der Waals surface area contributed by atoms with Crippen LogP contribution in [0.25, 0.3) is 0 Å². The first-order chi connectivity index (χ1) is 5.18. The highest BCUT2D eigenvalue weighted by Gasteiger charge is 2.42. The van der Waals surface area contributed by atoms with Crippen molar-refractivity contribution in [1.82, 2.24) is 5.48 Å². The van der Waals surface area contributed by atoms with Gasteiger partial charge in [0.2, 0.25) is 5.91 Å². The highest BCUT2D eigenvalue weighted by molar-refractivity contribution is 5.71. The molecule has 0 aliphatic heterocycles. The number of carbonyl (C=O) groups excluding carboxylic acids is 1. The SMILES string of the molecule is CC(=O)NOCC1(CO)CC1. The van der Waals surface area contributed by atoms with E-state index in [9.17, 15) is 4.79 Å². The Balaban J connectivity index is 2.07. The average Bonchev–Trinajstić information content (AvgIpc) is 2.69. The molecule has 0 saturated heterocycles. The second kappa shape index (κ2) is 3.19. The van der Waals surface area contributed by atoms with E-state index in [1.165, 1.54) is 6.92 Å². The van der Waals surface area contributed by atoms with Crippen molar-refractivity contribution in [2.75, 3.05) is 13.2 Å². The Morgan fingerprint density at radius 3 is 2.73 bits per heavy atom. The van der Waals surface area contributed by atoms with E-state index in [1.807, 2.05) is 0 Å². The zero-order valence-electron chi connectivity index (χ0n) is 6.59. The summed E-state index contributed by atoms with van der Waals surface area (Å²) >= 11 is 0. The molecule has 0 atom stereocenters. The molecule has 64 valence electrons. The van der Waals surface area contributed by atoms with Gasteiger partial charge in [-0.1, -0.05) is 0 Å². The van der Waals surface area contributed by atoms with Crippen LogP contribution < -0.4 is 5.48 Å². The molecule has 1 aliphatic rings. The van der Waals surface area contributed by atoms with Gasteiger partial charge in [0, 0.05) is 12.3 Å². The second-order valence-corrected chi connectivity index (χ2v) is 3.11. The van der Waals surface area contributed by atoms with Crippen molar-refractivity contribution >= 4 is 5.91 Å². The van der Waals surface area contributed by atoms with Crippen LogP contribution in [0.3, 0.4) is 0 Å². The van der Waals surface area contributed by atoms with Gasteiger partial charge in [0.1, 0.15) is 0 Å². The van der Waals surface area contributed by atoms with Gasteiger partial charge in [-0.2, -0.15) is 0 Å². The van der Waals surface area contributed by atoms with Crippen LogP contribution in [0.1, 0.15) is 19.8 Å². The van der Waals surface area contributed by atoms with E-state index in [0.29, 0.717) is 6.61 Å². The maximum atomic E-state index is 10.3. The number of hydroxylamine groups is 1. The van der Waals surface area contributed by atoms with Crippen molar-refractivity contribution < 1.29 is 14.7 Å². The molecular weight excluding hydrogens is 146 g/mol. The second-order valence-electron chi connectivity index (χ2n) is 3.11. The highest BCUT2D eigenvalue weighted by atomic mass is 16.7. The zero-order valence-corrected chi connectivity index (χ0v) is 6.59. The molecule has 11 heavy (non-hydrogen) atoms. The average molecular weight is 159 g/mol. The van der Waals surface area contributed by atoms with Crippen molar-refractivity contribution in [2.45, 2.75) is 19.8 Å². The van der Waals surface area contributed by atoms with E-state index in [1.54, 1.807) is 0 Å². The topological polar surface area (TPSA) is 58.6 Å². The summed E-state index contributed by atoms with van der Waals surface area (Å²) in [6, 6.07) is 0. The van der Waals surface area contributed by atoms with E-state index in [2.05, 4.69) is 5.48 Å². The molecule has 0 aromatic rings. The molecule has 1 amide bonds. The fourth-order valence-electron chi connectivity index (χ4n) is 0.816. The summed E-state index contributed by atoms with van der Waals surface area (Å²) in [6.07, 6.45) is 1.98. The lowest BCUT2D eigenvalue weighted by molar-refractivity contribution is -0.133. The van der Waals surface area contributed by atoms with Crippen LogP contribution in [0.5, 0.6) is 0 Å². The molecule has 2 N–H and O–H groups in total. The fourth-order valence-corrected chi connectivity index (χ4v) is 0.816. The van der Waals surface area contributed by atoms with E-state index >= 15 is 0 Å². The molecule has 1 fully saturated rings. The van der Waals surface area contributed by atoms with Crippen LogP contribution in [0.2, 0.25) is 0 Å². The molecule has 0 aromatic heterocycles. The Bertz CT molecular complexity index is 154. The summed E-state index contributed by atoms with van der Waals surface area (Å²) in [5.74, 6) is -0.210. The quantitative estimate of drug-likeness (QED) is 0.560. The highest BCUT2D eigenvalue weighted by Crippen LogP contribution is 2.44. The van der Waals surface area contributed by atoms with Crippen molar-refractivity contribution in [3.05, 3.63) is 0 Å². The van der Waals surface area contributed by atoms with Gasteiger partial charge < -0.3 is 5.11 Å². The standard InChI is InChI=1S/C7H13NO3/c1-6(10)8-11-5-7(4-9)2-3-7/h9H,2-5H2,1H3,(H,8,10). The van der Waals surface area contributed by atoms with Crippen LogP contribution in [-0.4, -0.2) is 24.2 Å². The molecule has 0 bridgehead atoms. The third kappa shape index (κ3) is 2.48. The molecule has 0 radical (unpaired) electrons. The summed E-state index contributed by atoms with van der Waals surface area (Å²) in [7, 11) is 0. The molecule has 0 spiro atoms. The van der Waals surface area contributed by atoms with Crippen molar-refractivity contribution in [2.24, 2.45) is 5.41 Å². The van der Waals surface area contributed by atoms with Crippen LogP contribution in [0.15, 0.2) is 0 Å². The van der Waals surface area contributed by atoms with Gasteiger partial charge in [-0.25, -0.2) is 5.48 Å². The van der Waals surface area contributed by atoms with E-state index < -0.39 is 0 Å². The number of aliphatic hydroxyl groups excluding tert-OH is 1. The number of rotatable bonds is 4. The fraction of sp³-hybridized carbons (Fsp3) is 0.857. The maximum absolute atomic E-state index is 10.3. The molecule has 0 heterocycles. The number of nitrogens with one attached hydrogen (secondary N) is 1. The number of aliphatic hydroxyl groups is 1. The summed E-state index contributed by atoms with van der Waals surface area (Å²) in [4.78, 5) is 15.2. The van der Waals surface area contributed by atoms with Crippen molar-refractivity contribution in [3.63, 3.8) is 0 Å². The first-order valence-corrected chi connectivity index (χ1v) is 3.68. The van der Waals surface area contributed by atoms with Gasteiger partial charge in [0.05, 0.1) is 13.2 Å². The van der Waals surface area contributed by atoms with E-state index in [0.717, 1.165) is 12.8 Å².